The van der Waals surface area contributed by atoms with Gasteiger partial charge < -0.3 is 43.8 Å². The monoisotopic (exact) mass is 1150 g/mol. The fourth-order valence-corrected chi connectivity index (χ4v) is 6.29. The van der Waals surface area contributed by atoms with E-state index in [0.717, 1.165) is 25.4 Å². The van der Waals surface area contributed by atoms with Gasteiger partial charge in [0.25, 0.3) is 11.8 Å². The number of hydrogen-bond donors (Lipinski definition) is 2. The standard InChI is InChI=1S/C24H17F7N2O6.C22H14BrF7N2O4/c1-11-10-32-15(22(35)37-3)9-14(11)33-21(34)19-17(7-5-13(20(19)25)23(26,27)28)38-16-6-4-12(8-18(16)36-2)39-24(29,30)31;1-10-9-31-17(23)8-13(10)32-20(33)18-15(6-4-12(19(18)24)21(25,26)27)35-14-5-3-11(7-16(14)34-2)36-22(28,29)30/h4-10H,1-3H3,(H,32,33,34);3-9H,1-2H3,(H,31,32,33)/i2*2D3. The van der Waals surface area contributed by atoms with Crippen molar-refractivity contribution in [2.24, 2.45) is 0 Å². The molecular weight excluding hydrogens is 1110 g/mol. The minimum Gasteiger partial charge on any atom is -0.493 e. The van der Waals surface area contributed by atoms with Gasteiger partial charge >= 0.3 is 31.0 Å². The van der Waals surface area contributed by atoms with Crippen molar-refractivity contribution in [2.45, 2.75) is 38.9 Å². The first-order chi connectivity index (χ1) is 37.1. The number of alkyl halides is 12. The third kappa shape index (κ3) is 15.0. The van der Waals surface area contributed by atoms with Crippen LogP contribution in [0.4, 0.5) is 72.8 Å². The van der Waals surface area contributed by atoms with Gasteiger partial charge in [0.2, 0.25) is 0 Å². The van der Waals surface area contributed by atoms with Crippen LogP contribution in [-0.2, 0) is 17.1 Å². The summed E-state index contributed by atoms with van der Waals surface area (Å²) in [7, 11) is -5.46. The number of anilines is 2. The molecule has 0 radical (unpaired) electrons. The van der Waals surface area contributed by atoms with Gasteiger partial charge in [-0.05, 0) is 102 Å². The van der Waals surface area contributed by atoms with Crippen LogP contribution in [0.2, 0.25) is 0 Å². The second kappa shape index (κ2) is 23.0. The number of nitrogens with zero attached hydrogens (tertiary/aromatic N) is 2. The van der Waals surface area contributed by atoms with Gasteiger partial charge in [0.15, 0.2) is 34.6 Å². The largest absolute Gasteiger partial charge is 0.573 e. The Hall–Kier alpha value is -8.11. The SMILES string of the molecule is [2H]C([2H])([2H])Oc1cc(OC(F)(F)F)ccc1Oc1ccc(C(F)(F)F)c(F)c1C(=O)Nc1cc(Br)ncc1C.[2H]C([2H])([2H])Oc1cc(OC(F)(F)F)ccc1Oc1ccc(C(F)(F)F)c(F)c1C(=O)Nc1cc(C(=O)OC)ncc1C. The molecule has 0 aliphatic rings. The zero-order chi connectivity index (χ0) is 61.0. The molecule has 2 N–H and O–H groups in total. The highest BCUT2D eigenvalue weighted by Gasteiger charge is 2.40. The number of pyridine rings is 2. The number of aromatic nitrogens is 2. The molecular formula is C46H31BrF14N4O10. The number of benzene rings is 4. The molecule has 0 saturated carbocycles. The molecule has 0 bridgehead atoms. The Bertz CT molecular complexity index is 3350. The van der Waals surface area contributed by atoms with E-state index < -0.39 is 137 Å². The number of nitrogens with one attached hydrogen (secondary N) is 2. The van der Waals surface area contributed by atoms with Crippen molar-refractivity contribution >= 4 is 45.1 Å². The second-order valence-electron chi connectivity index (χ2n) is 14.4. The van der Waals surface area contributed by atoms with Gasteiger partial charge in [-0.2, -0.15) is 26.3 Å². The van der Waals surface area contributed by atoms with E-state index in [2.05, 4.69) is 60.2 Å². The maximum atomic E-state index is 15.3. The van der Waals surface area contributed by atoms with Gasteiger partial charge in [-0.3, -0.25) is 9.59 Å². The summed E-state index contributed by atoms with van der Waals surface area (Å²) in [5.41, 5.74) is -6.18. The minimum absolute atomic E-state index is 0.0460. The molecule has 14 nitrogen and oxygen atoms in total. The molecule has 6 rings (SSSR count). The molecule has 4 aromatic carbocycles. The Balaban J connectivity index is 0.000000298. The van der Waals surface area contributed by atoms with Crippen LogP contribution in [0.1, 0.15) is 61.7 Å². The number of halogens is 15. The average Bonchev–Trinajstić information content (AvgIpc) is 3.38. The lowest BCUT2D eigenvalue weighted by molar-refractivity contribution is -0.275. The van der Waals surface area contributed by atoms with Crippen LogP contribution in [0.25, 0.3) is 0 Å². The van der Waals surface area contributed by atoms with Crippen molar-refractivity contribution in [1.82, 2.24) is 9.97 Å². The molecule has 0 unspecified atom stereocenters. The zero-order valence-electron chi connectivity index (χ0n) is 43.2. The highest BCUT2D eigenvalue weighted by Crippen LogP contribution is 2.43. The third-order valence-electron chi connectivity index (χ3n) is 9.29. The van der Waals surface area contributed by atoms with E-state index in [0.29, 0.717) is 48.0 Å². The maximum absolute atomic E-state index is 15.3. The number of carbonyl (C=O) groups excluding carboxylic acids is 3. The third-order valence-corrected chi connectivity index (χ3v) is 9.73. The Labute approximate surface area is 429 Å². The van der Waals surface area contributed by atoms with Crippen LogP contribution in [-0.4, -0.2) is 61.7 Å². The van der Waals surface area contributed by atoms with Gasteiger partial charge in [-0.15, -0.1) is 26.3 Å². The highest BCUT2D eigenvalue weighted by atomic mass is 79.9. The number of esters is 1. The Kier molecular flexibility index (Phi) is 15.0. The van der Waals surface area contributed by atoms with Crippen molar-refractivity contribution in [3.05, 3.63) is 141 Å². The van der Waals surface area contributed by atoms with Crippen LogP contribution >= 0.6 is 15.9 Å². The predicted molar refractivity (Wildman–Crippen MR) is 235 cm³/mol. The van der Waals surface area contributed by atoms with Crippen molar-refractivity contribution < 1.29 is 117 Å². The molecule has 0 fully saturated rings. The molecule has 2 amide bonds. The van der Waals surface area contributed by atoms with Gasteiger partial charge in [-0.25, -0.2) is 23.5 Å². The lowest BCUT2D eigenvalue weighted by Crippen LogP contribution is -2.20. The Morgan fingerprint density at radius 3 is 1.35 bits per heavy atom. The zero-order valence-corrected chi connectivity index (χ0v) is 38.8. The molecule has 75 heavy (non-hydrogen) atoms. The Morgan fingerprint density at radius 1 is 0.560 bits per heavy atom. The van der Waals surface area contributed by atoms with Gasteiger partial charge in [-0.1, -0.05) is 0 Å². The van der Waals surface area contributed by atoms with Crippen LogP contribution in [0.15, 0.2) is 89.8 Å². The maximum Gasteiger partial charge on any atom is 0.573 e. The summed E-state index contributed by atoms with van der Waals surface area (Å²) in [6.07, 6.45) is -18.4. The van der Waals surface area contributed by atoms with Crippen LogP contribution < -0.4 is 39.1 Å². The van der Waals surface area contributed by atoms with E-state index >= 15 is 8.78 Å². The summed E-state index contributed by atoms with van der Waals surface area (Å²) in [6.45, 7) is 2.89. The highest BCUT2D eigenvalue weighted by molar-refractivity contribution is 9.10. The van der Waals surface area contributed by atoms with Crippen LogP contribution in [0.5, 0.6) is 46.0 Å². The topological polar surface area (TPSA) is 166 Å². The second-order valence-corrected chi connectivity index (χ2v) is 15.2. The number of ether oxygens (including phenoxy) is 7. The van der Waals surface area contributed by atoms with Gasteiger partial charge in [0, 0.05) is 35.9 Å². The summed E-state index contributed by atoms with van der Waals surface area (Å²) >= 11 is 3.06. The first kappa shape index (κ1) is 49.1. The van der Waals surface area contributed by atoms with E-state index in [1.807, 2.05) is 0 Å². The molecule has 0 spiro atoms. The summed E-state index contributed by atoms with van der Waals surface area (Å²) in [6, 6.07) is 7.55. The molecule has 0 saturated heterocycles. The van der Waals surface area contributed by atoms with E-state index in [1.54, 1.807) is 0 Å². The quantitative estimate of drug-likeness (QED) is 0.0639. The lowest BCUT2D eigenvalue weighted by atomic mass is 10.1. The number of methoxy groups -OCH3 is 3. The first-order valence-electron chi connectivity index (χ1n) is 22.8. The van der Waals surface area contributed by atoms with Crippen molar-refractivity contribution in [2.75, 3.05) is 31.8 Å². The molecule has 0 aliphatic heterocycles. The fraction of sp³-hybridized carbons (Fsp3) is 0.196. The number of rotatable bonds is 13. The number of hydrogen-bond acceptors (Lipinski definition) is 12. The Morgan fingerprint density at radius 2 is 0.960 bits per heavy atom. The molecule has 29 heteroatoms. The molecule has 0 aliphatic carbocycles. The molecule has 400 valence electrons. The smallest absolute Gasteiger partial charge is 0.493 e. The van der Waals surface area contributed by atoms with E-state index in [1.165, 1.54) is 26.1 Å². The molecule has 2 aromatic heterocycles. The normalized spacial score (nSPS) is 13.1. The summed E-state index contributed by atoms with van der Waals surface area (Å²) in [4.78, 5) is 45.7. The number of aryl methyl sites for hydroxylation is 2. The summed E-state index contributed by atoms with van der Waals surface area (Å²) in [5, 5.41) is 4.38. The molecule has 0 atom stereocenters. The van der Waals surface area contributed by atoms with Crippen molar-refractivity contribution in [1.29, 1.82) is 0 Å². The van der Waals surface area contributed by atoms with Crippen molar-refractivity contribution in [3.63, 3.8) is 0 Å². The summed E-state index contributed by atoms with van der Waals surface area (Å²) < 4.78 is 262. The van der Waals surface area contributed by atoms with Crippen LogP contribution in [0.3, 0.4) is 0 Å². The number of carbonyl (C=O) groups is 3. The lowest BCUT2D eigenvalue weighted by Gasteiger charge is -2.18. The summed E-state index contributed by atoms with van der Waals surface area (Å²) in [5.74, 6) is -14.8. The molecule has 2 heterocycles. The fourth-order valence-electron chi connectivity index (χ4n) is 5.96. The van der Waals surface area contributed by atoms with E-state index in [4.69, 9.17) is 17.7 Å². The average molecular weight is 1150 g/mol. The van der Waals surface area contributed by atoms with Gasteiger partial charge in [0.1, 0.15) is 44.4 Å². The van der Waals surface area contributed by atoms with Gasteiger partial charge in [0.05, 0.1) is 40.5 Å². The van der Waals surface area contributed by atoms with E-state index in [-0.39, 0.29) is 39.4 Å². The van der Waals surface area contributed by atoms with E-state index in [9.17, 15) is 67.1 Å². The van der Waals surface area contributed by atoms with Crippen molar-refractivity contribution in [3.8, 4) is 46.0 Å². The van der Waals surface area contributed by atoms with Crippen LogP contribution in [0, 0.1) is 25.5 Å². The first-order valence-corrected chi connectivity index (χ1v) is 20.5. The molecule has 6 aromatic rings. The predicted octanol–water partition coefficient (Wildman–Crippen LogP) is 13.5. The number of amides is 2. The minimum atomic E-state index is -5.28.